The third kappa shape index (κ3) is 4.73. The molecule has 0 atom stereocenters. The lowest BCUT2D eigenvalue weighted by atomic mass is 9.74. The van der Waals surface area contributed by atoms with E-state index in [0.717, 1.165) is 36.8 Å². The number of phenols is 1. The highest BCUT2D eigenvalue weighted by molar-refractivity contribution is 5.75. The zero-order valence-electron chi connectivity index (χ0n) is 16.1. The molecule has 0 fully saturated rings. The third-order valence-corrected chi connectivity index (χ3v) is 5.43. The first-order valence-corrected chi connectivity index (χ1v) is 8.95. The summed E-state index contributed by atoms with van der Waals surface area (Å²) in [5.41, 5.74) is 5.17. The van der Waals surface area contributed by atoms with Gasteiger partial charge in [-0.3, -0.25) is 10.2 Å². The number of nitrogens with one attached hydrogen (secondary N) is 1. The average molecular weight is 335 g/mol. The van der Waals surface area contributed by atoms with Crippen LogP contribution in [0.2, 0.25) is 0 Å². The van der Waals surface area contributed by atoms with Gasteiger partial charge < -0.3 is 5.11 Å². The number of hydrazine groups is 1. The highest BCUT2D eigenvalue weighted by Crippen LogP contribution is 2.42. The maximum atomic E-state index is 11.3. The van der Waals surface area contributed by atoms with Gasteiger partial charge in [0.15, 0.2) is 0 Å². The summed E-state index contributed by atoms with van der Waals surface area (Å²) in [6.07, 6.45) is 3.85. The number of hydrogen-bond acceptors (Lipinski definition) is 3. The Hall–Kier alpha value is -1.55. The second-order valence-corrected chi connectivity index (χ2v) is 7.94. The lowest BCUT2D eigenvalue weighted by Gasteiger charge is -2.31. The Balaban J connectivity index is 3.27. The van der Waals surface area contributed by atoms with Crippen LogP contribution in [-0.4, -0.2) is 11.0 Å². The molecule has 0 saturated carbocycles. The van der Waals surface area contributed by atoms with E-state index in [0.29, 0.717) is 12.2 Å². The van der Waals surface area contributed by atoms with Gasteiger partial charge in [-0.15, -0.1) is 0 Å². The van der Waals surface area contributed by atoms with Crippen molar-refractivity contribution in [1.29, 1.82) is 0 Å². The first kappa shape index (κ1) is 20.5. The molecule has 4 N–H and O–H groups in total. The molecule has 0 heterocycles. The molecule has 1 rings (SSSR count). The van der Waals surface area contributed by atoms with Crippen LogP contribution in [0.5, 0.6) is 5.75 Å². The maximum absolute atomic E-state index is 11.3. The fraction of sp³-hybridized carbons (Fsp3) is 0.650. The van der Waals surface area contributed by atoms with Gasteiger partial charge in [-0.1, -0.05) is 53.7 Å². The monoisotopic (exact) mass is 334 g/mol. The van der Waals surface area contributed by atoms with Gasteiger partial charge in [0, 0.05) is 17.5 Å². The van der Waals surface area contributed by atoms with Gasteiger partial charge in [-0.2, -0.15) is 0 Å². The second-order valence-electron chi connectivity index (χ2n) is 7.94. The summed E-state index contributed by atoms with van der Waals surface area (Å²) >= 11 is 0. The molecule has 136 valence electrons. The van der Waals surface area contributed by atoms with Crippen molar-refractivity contribution in [2.24, 2.45) is 5.84 Å². The van der Waals surface area contributed by atoms with E-state index in [4.69, 9.17) is 5.84 Å². The molecule has 4 nitrogen and oxygen atoms in total. The Labute approximate surface area is 146 Å². The van der Waals surface area contributed by atoms with Gasteiger partial charge in [0.05, 0.1) is 0 Å². The summed E-state index contributed by atoms with van der Waals surface area (Å²) in [6, 6.07) is 4.21. The van der Waals surface area contributed by atoms with Crippen molar-refractivity contribution < 1.29 is 9.90 Å². The van der Waals surface area contributed by atoms with Crippen LogP contribution in [0.3, 0.4) is 0 Å². The SMILES string of the molecule is CCC(C)(C)c1cc(CCCC(=O)NN)cc(C(C)(C)CC)c1O. The van der Waals surface area contributed by atoms with Crippen LogP contribution < -0.4 is 11.3 Å². The van der Waals surface area contributed by atoms with Crippen molar-refractivity contribution >= 4 is 5.91 Å². The molecule has 0 spiro atoms. The number of rotatable bonds is 8. The molecule has 0 aliphatic carbocycles. The topological polar surface area (TPSA) is 75.4 Å². The molecule has 0 saturated heterocycles. The van der Waals surface area contributed by atoms with E-state index in [1.165, 1.54) is 5.56 Å². The normalized spacial score (nSPS) is 12.3. The summed E-state index contributed by atoms with van der Waals surface area (Å²) in [5, 5.41) is 10.9. The molecule has 4 heteroatoms. The van der Waals surface area contributed by atoms with Crippen LogP contribution >= 0.6 is 0 Å². The van der Waals surface area contributed by atoms with E-state index >= 15 is 0 Å². The van der Waals surface area contributed by atoms with E-state index in [1.54, 1.807) is 0 Å². The Morgan fingerprint density at radius 1 is 1.08 bits per heavy atom. The lowest BCUT2D eigenvalue weighted by Crippen LogP contribution is -2.29. The predicted molar refractivity (Wildman–Crippen MR) is 100 cm³/mol. The summed E-state index contributed by atoms with van der Waals surface area (Å²) in [4.78, 5) is 11.3. The molecule has 1 aromatic rings. The number of aryl methyl sites for hydroxylation is 1. The van der Waals surface area contributed by atoms with E-state index in [9.17, 15) is 9.90 Å². The highest BCUT2D eigenvalue weighted by Gasteiger charge is 2.29. The first-order valence-electron chi connectivity index (χ1n) is 8.95. The van der Waals surface area contributed by atoms with E-state index in [2.05, 4.69) is 59.1 Å². The minimum atomic E-state index is -0.142. The average Bonchev–Trinajstić information content (AvgIpc) is 2.55. The molecule has 1 amide bonds. The van der Waals surface area contributed by atoms with Gasteiger partial charge in [0.1, 0.15) is 5.75 Å². The Morgan fingerprint density at radius 3 is 1.92 bits per heavy atom. The molecular formula is C20H34N2O2. The van der Waals surface area contributed by atoms with E-state index < -0.39 is 0 Å². The number of benzene rings is 1. The number of carbonyl (C=O) groups excluding carboxylic acids is 1. The van der Waals surface area contributed by atoms with Crippen molar-refractivity contribution in [2.45, 2.75) is 84.5 Å². The Bertz CT molecular complexity index is 540. The van der Waals surface area contributed by atoms with Crippen molar-refractivity contribution in [3.63, 3.8) is 0 Å². The van der Waals surface area contributed by atoms with Crippen molar-refractivity contribution in [1.82, 2.24) is 5.43 Å². The Morgan fingerprint density at radius 2 is 1.54 bits per heavy atom. The van der Waals surface area contributed by atoms with Gasteiger partial charge in [0.2, 0.25) is 5.91 Å². The summed E-state index contributed by atoms with van der Waals surface area (Å²) < 4.78 is 0. The molecule has 24 heavy (non-hydrogen) atoms. The molecule has 1 aromatic carbocycles. The first-order chi connectivity index (χ1) is 11.1. The van der Waals surface area contributed by atoms with Crippen molar-refractivity contribution in [2.75, 3.05) is 0 Å². The summed E-state index contributed by atoms with van der Waals surface area (Å²) in [6.45, 7) is 12.9. The molecule has 0 radical (unpaired) electrons. The molecule has 0 aliphatic rings. The number of amides is 1. The number of hydrogen-bond donors (Lipinski definition) is 3. The second kappa shape index (κ2) is 8.02. The van der Waals surface area contributed by atoms with Gasteiger partial charge in [0.25, 0.3) is 0 Å². The smallest absolute Gasteiger partial charge is 0.233 e. The quantitative estimate of drug-likeness (QED) is 0.381. The highest BCUT2D eigenvalue weighted by atomic mass is 16.3. The van der Waals surface area contributed by atoms with Crippen molar-refractivity contribution in [3.05, 3.63) is 28.8 Å². The lowest BCUT2D eigenvalue weighted by molar-refractivity contribution is -0.121. The fourth-order valence-corrected chi connectivity index (χ4v) is 2.78. The summed E-state index contributed by atoms with van der Waals surface area (Å²) in [7, 11) is 0. The number of aromatic hydroxyl groups is 1. The molecule has 0 bridgehead atoms. The van der Waals surface area contributed by atoms with Crippen LogP contribution in [0.1, 0.15) is 83.9 Å². The van der Waals surface area contributed by atoms with Crippen LogP contribution in [0.15, 0.2) is 12.1 Å². The minimum absolute atomic E-state index is 0.0900. The van der Waals surface area contributed by atoms with Gasteiger partial charge >= 0.3 is 0 Å². The molecule has 0 unspecified atom stereocenters. The summed E-state index contributed by atoms with van der Waals surface area (Å²) in [5.74, 6) is 5.42. The minimum Gasteiger partial charge on any atom is -0.507 e. The Kier molecular flexibility index (Phi) is 6.85. The van der Waals surface area contributed by atoms with Crippen LogP contribution in [-0.2, 0) is 22.0 Å². The molecule has 0 aliphatic heterocycles. The van der Waals surface area contributed by atoms with Crippen LogP contribution in [0.25, 0.3) is 0 Å². The number of nitrogens with two attached hydrogens (primary N) is 1. The van der Waals surface area contributed by atoms with Crippen LogP contribution in [0, 0.1) is 0 Å². The zero-order chi connectivity index (χ0) is 18.5. The number of phenolic OH excluding ortho intramolecular Hbond substituents is 1. The van der Waals surface area contributed by atoms with Gasteiger partial charge in [-0.05, 0) is 42.1 Å². The molecule has 0 aromatic heterocycles. The standard InChI is InChI=1S/C20H34N2O2/c1-7-19(3,4)15-12-14(10-9-11-17(23)22-21)13-16(18(15)24)20(5,6)8-2/h12-13,24H,7-11,21H2,1-6H3,(H,22,23). The van der Waals surface area contributed by atoms with Gasteiger partial charge in [-0.25, -0.2) is 5.84 Å². The van der Waals surface area contributed by atoms with E-state index in [-0.39, 0.29) is 16.7 Å². The number of carbonyl (C=O) groups is 1. The van der Waals surface area contributed by atoms with Crippen molar-refractivity contribution in [3.8, 4) is 5.75 Å². The predicted octanol–water partition coefficient (Wildman–Crippen LogP) is 4.08. The van der Waals surface area contributed by atoms with Crippen LogP contribution in [0.4, 0.5) is 0 Å². The zero-order valence-corrected chi connectivity index (χ0v) is 16.1. The van der Waals surface area contributed by atoms with E-state index in [1.807, 2.05) is 0 Å². The molecular weight excluding hydrogens is 300 g/mol. The maximum Gasteiger partial charge on any atom is 0.233 e. The fourth-order valence-electron chi connectivity index (χ4n) is 2.78. The largest absolute Gasteiger partial charge is 0.507 e. The third-order valence-electron chi connectivity index (χ3n) is 5.43.